The van der Waals surface area contributed by atoms with Crippen LogP contribution < -0.4 is 11.0 Å². The van der Waals surface area contributed by atoms with Crippen molar-refractivity contribution in [3.05, 3.63) is 69.6 Å². The minimum Gasteiger partial charge on any atom is -0.479 e. The number of hydrogen-bond donors (Lipinski definition) is 2. The van der Waals surface area contributed by atoms with E-state index in [-0.39, 0.29) is 12.2 Å². The number of rotatable bonds is 5. The van der Waals surface area contributed by atoms with Gasteiger partial charge in [0, 0.05) is 7.05 Å². The number of hydrogen-bond acceptors (Lipinski definition) is 3. The number of carbonyl (C=O) groups is 2. The molecule has 7 nitrogen and oxygen atoms in total. The van der Waals surface area contributed by atoms with Crippen LogP contribution >= 0.6 is 0 Å². The number of nitrogens with one attached hydrogen (secondary N) is 1. The van der Waals surface area contributed by atoms with E-state index in [1.165, 1.54) is 9.13 Å². The topological polar surface area (TPSA) is 93.3 Å². The molecule has 0 saturated heterocycles. The zero-order chi connectivity index (χ0) is 19.7. The molecular weight excluding hydrogens is 346 g/mol. The molecule has 1 amide bonds. The fourth-order valence-electron chi connectivity index (χ4n) is 3.33. The van der Waals surface area contributed by atoms with E-state index in [1.807, 2.05) is 26.0 Å². The van der Waals surface area contributed by atoms with Crippen LogP contribution in [0.1, 0.15) is 22.7 Å². The fraction of sp³-hybridized carbons (Fsp3) is 0.250. The van der Waals surface area contributed by atoms with E-state index in [0.29, 0.717) is 16.6 Å². The maximum Gasteiger partial charge on any atom is 0.330 e. The number of amides is 1. The Balaban J connectivity index is 1.89. The molecule has 2 N–H and O–H groups in total. The Bertz CT molecular complexity index is 1070. The Morgan fingerprint density at radius 3 is 2.26 bits per heavy atom. The van der Waals surface area contributed by atoms with Crippen LogP contribution in [0.4, 0.5) is 0 Å². The van der Waals surface area contributed by atoms with Crippen molar-refractivity contribution in [3.63, 3.8) is 0 Å². The molecule has 0 spiro atoms. The van der Waals surface area contributed by atoms with Gasteiger partial charge in [-0.05, 0) is 31.5 Å². The lowest BCUT2D eigenvalue weighted by molar-refractivity contribution is -0.142. The average molecular weight is 367 g/mol. The number of aryl methyl sites for hydroxylation is 3. The number of aromatic nitrogens is 2. The van der Waals surface area contributed by atoms with Crippen molar-refractivity contribution in [3.8, 4) is 0 Å². The first-order valence-electron chi connectivity index (χ1n) is 8.52. The summed E-state index contributed by atoms with van der Waals surface area (Å²) in [5.74, 6) is -1.70. The second-order valence-corrected chi connectivity index (χ2v) is 6.68. The van der Waals surface area contributed by atoms with Crippen LogP contribution in [-0.4, -0.2) is 26.1 Å². The van der Waals surface area contributed by atoms with Crippen LogP contribution in [0.3, 0.4) is 0 Å². The summed E-state index contributed by atoms with van der Waals surface area (Å²) >= 11 is 0. The van der Waals surface area contributed by atoms with Crippen molar-refractivity contribution in [2.45, 2.75) is 26.4 Å². The summed E-state index contributed by atoms with van der Waals surface area (Å²) < 4.78 is 2.80. The first-order valence-corrected chi connectivity index (χ1v) is 8.52. The highest BCUT2D eigenvalue weighted by Gasteiger charge is 2.23. The summed E-state index contributed by atoms with van der Waals surface area (Å²) in [6.07, 6.45) is 0. The highest BCUT2D eigenvalue weighted by molar-refractivity contribution is 5.86. The molecule has 0 fully saturated rings. The molecule has 140 valence electrons. The number of para-hydroxylation sites is 2. The Labute approximate surface area is 155 Å². The molecule has 27 heavy (non-hydrogen) atoms. The van der Waals surface area contributed by atoms with Crippen LogP contribution in [-0.2, 0) is 23.2 Å². The average Bonchev–Trinajstić information content (AvgIpc) is 2.84. The molecule has 3 rings (SSSR count). The van der Waals surface area contributed by atoms with E-state index in [0.717, 1.165) is 11.1 Å². The lowest BCUT2D eigenvalue weighted by Crippen LogP contribution is -2.38. The molecule has 2 aromatic carbocycles. The maximum absolute atomic E-state index is 12.5. The quantitative estimate of drug-likeness (QED) is 0.720. The third kappa shape index (κ3) is 3.62. The smallest absolute Gasteiger partial charge is 0.330 e. The lowest BCUT2D eigenvalue weighted by atomic mass is 10.0. The number of nitrogens with zero attached hydrogens (tertiary/aromatic N) is 2. The molecule has 0 saturated carbocycles. The summed E-state index contributed by atoms with van der Waals surface area (Å²) in [4.78, 5) is 36.7. The van der Waals surface area contributed by atoms with Gasteiger partial charge in [0.15, 0.2) is 6.04 Å². The van der Waals surface area contributed by atoms with Gasteiger partial charge >= 0.3 is 11.7 Å². The minimum absolute atomic E-state index is 0.255. The number of carboxylic acid groups (broad SMARTS) is 1. The number of aliphatic carboxylic acids is 1. The lowest BCUT2D eigenvalue weighted by Gasteiger charge is -2.16. The van der Waals surface area contributed by atoms with E-state index < -0.39 is 17.9 Å². The molecule has 0 radical (unpaired) electrons. The second-order valence-electron chi connectivity index (χ2n) is 6.68. The van der Waals surface area contributed by atoms with Gasteiger partial charge < -0.3 is 10.4 Å². The van der Waals surface area contributed by atoms with Crippen molar-refractivity contribution in [1.29, 1.82) is 0 Å². The number of carboxylic acids is 1. The standard InChI is InChI=1S/C20H21N3O4/c1-12-8-13(2)10-14(9-12)18(19(25)26)21-17(24)11-23-16-7-5-4-6-15(16)22(3)20(23)27/h4-10,18H,11H2,1-3H3,(H,21,24)(H,25,26). The van der Waals surface area contributed by atoms with Crippen LogP contribution in [0, 0.1) is 13.8 Å². The van der Waals surface area contributed by atoms with E-state index in [2.05, 4.69) is 5.32 Å². The largest absolute Gasteiger partial charge is 0.479 e. The number of imidazole rings is 1. The molecule has 0 bridgehead atoms. The molecule has 0 aliphatic heterocycles. The molecule has 1 unspecified atom stereocenters. The van der Waals surface area contributed by atoms with Gasteiger partial charge in [0.2, 0.25) is 5.91 Å². The Morgan fingerprint density at radius 2 is 1.67 bits per heavy atom. The van der Waals surface area contributed by atoms with Gasteiger partial charge in [0.1, 0.15) is 6.54 Å². The van der Waals surface area contributed by atoms with Crippen LogP contribution in [0.2, 0.25) is 0 Å². The van der Waals surface area contributed by atoms with Gasteiger partial charge in [0.25, 0.3) is 0 Å². The first-order chi connectivity index (χ1) is 12.8. The summed E-state index contributed by atoms with van der Waals surface area (Å²) in [5, 5.41) is 12.1. The molecule has 1 atom stereocenters. The molecule has 7 heteroatoms. The molecule has 3 aromatic rings. The van der Waals surface area contributed by atoms with Crippen molar-refractivity contribution >= 4 is 22.9 Å². The summed E-state index contributed by atoms with van der Waals surface area (Å²) in [5.41, 5.74) is 3.33. The van der Waals surface area contributed by atoms with E-state index in [9.17, 15) is 19.5 Å². The molecule has 1 heterocycles. The number of benzene rings is 2. The second kappa shape index (κ2) is 7.11. The van der Waals surface area contributed by atoms with Crippen LogP contribution in [0.25, 0.3) is 11.0 Å². The predicted octanol–water partition coefficient (Wildman–Crippen LogP) is 1.90. The van der Waals surface area contributed by atoms with E-state index in [4.69, 9.17) is 0 Å². The molecular formula is C20H21N3O4. The Morgan fingerprint density at radius 1 is 1.07 bits per heavy atom. The number of carbonyl (C=O) groups excluding carboxylic acids is 1. The third-order valence-electron chi connectivity index (χ3n) is 4.48. The molecule has 1 aromatic heterocycles. The van der Waals surface area contributed by atoms with E-state index in [1.54, 1.807) is 37.4 Å². The zero-order valence-electron chi connectivity index (χ0n) is 15.4. The summed E-state index contributed by atoms with van der Waals surface area (Å²) in [6.45, 7) is 3.48. The van der Waals surface area contributed by atoms with Gasteiger partial charge in [0.05, 0.1) is 11.0 Å². The van der Waals surface area contributed by atoms with Crippen molar-refractivity contribution in [1.82, 2.24) is 14.5 Å². The van der Waals surface area contributed by atoms with Gasteiger partial charge in [-0.25, -0.2) is 9.59 Å². The minimum atomic E-state index is -1.18. The third-order valence-corrected chi connectivity index (χ3v) is 4.48. The Hall–Kier alpha value is -3.35. The fourth-order valence-corrected chi connectivity index (χ4v) is 3.33. The SMILES string of the molecule is Cc1cc(C)cc(C(NC(=O)Cn2c(=O)n(C)c3ccccc32)C(=O)O)c1. The maximum atomic E-state index is 12.5. The van der Waals surface area contributed by atoms with Crippen molar-refractivity contribution in [2.24, 2.45) is 7.05 Å². The normalized spacial score (nSPS) is 12.1. The summed E-state index contributed by atoms with van der Waals surface area (Å²) in [6, 6.07) is 11.4. The van der Waals surface area contributed by atoms with Gasteiger partial charge in [-0.1, -0.05) is 41.5 Å². The van der Waals surface area contributed by atoms with E-state index >= 15 is 0 Å². The highest BCUT2D eigenvalue weighted by Crippen LogP contribution is 2.18. The predicted molar refractivity (Wildman–Crippen MR) is 102 cm³/mol. The monoisotopic (exact) mass is 367 g/mol. The molecule has 0 aliphatic carbocycles. The number of fused-ring (bicyclic) bond motifs is 1. The highest BCUT2D eigenvalue weighted by atomic mass is 16.4. The van der Waals surface area contributed by atoms with Crippen LogP contribution in [0.15, 0.2) is 47.3 Å². The van der Waals surface area contributed by atoms with Gasteiger partial charge in [-0.3, -0.25) is 13.9 Å². The Kier molecular flexibility index (Phi) is 4.85. The van der Waals surface area contributed by atoms with Crippen molar-refractivity contribution < 1.29 is 14.7 Å². The summed E-state index contributed by atoms with van der Waals surface area (Å²) in [7, 11) is 1.63. The first kappa shape index (κ1) is 18.4. The molecule has 0 aliphatic rings. The van der Waals surface area contributed by atoms with Gasteiger partial charge in [-0.15, -0.1) is 0 Å². The van der Waals surface area contributed by atoms with Crippen LogP contribution in [0.5, 0.6) is 0 Å². The zero-order valence-corrected chi connectivity index (χ0v) is 15.4. The van der Waals surface area contributed by atoms with Crippen molar-refractivity contribution in [2.75, 3.05) is 0 Å². The van der Waals surface area contributed by atoms with Gasteiger partial charge in [-0.2, -0.15) is 0 Å².